The van der Waals surface area contributed by atoms with E-state index in [0.717, 1.165) is 24.1 Å². The van der Waals surface area contributed by atoms with Gasteiger partial charge in [0, 0.05) is 25.7 Å². The van der Waals surface area contributed by atoms with Crippen LogP contribution in [0.15, 0.2) is 30.3 Å². The van der Waals surface area contributed by atoms with Gasteiger partial charge in [-0.2, -0.15) is 0 Å². The Morgan fingerprint density at radius 3 is 2.47 bits per heavy atom. The first-order chi connectivity index (χ1) is 15.2. The minimum atomic E-state index is -0.700. The van der Waals surface area contributed by atoms with Gasteiger partial charge >= 0.3 is 0 Å². The number of amidine groups is 2. The van der Waals surface area contributed by atoms with E-state index in [2.05, 4.69) is 4.90 Å². The van der Waals surface area contributed by atoms with Crippen molar-refractivity contribution in [3.8, 4) is 11.5 Å². The molecule has 0 aromatic heterocycles. The fourth-order valence-electron chi connectivity index (χ4n) is 3.64. The third kappa shape index (κ3) is 4.95. The molecule has 1 aliphatic heterocycles. The van der Waals surface area contributed by atoms with Crippen molar-refractivity contribution in [1.82, 2.24) is 4.90 Å². The van der Waals surface area contributed by atoms with Crippen molar-refractivity contribution in [2.75, 3.05) is 31.2 Å². The maximum absolute atomic E-state index is 15.1. The van der Waals surface area contributed by atoms with Gasteiger partial charge in [-0.25, -0.2) is 4.39 Å². The Morgan fingerprint density at radius 1 is 1.19 bits per heavy atom. The van der Waals surface area contributed by atoms with Crippen molar-refractivity contribution >= 4 is 23.6 Å². The third-order valence-corrected chi connectivity index (χ3v) is 5.36. The molecule has 0 unspecified atom stereocenters. The number of phenolic OH excluding ortho intramolecular Hbond substituents is 2. The number of morpholine rings is 1. The summed E-state index contributed by atoms with van der Waals surface area (Å²) in [6, 6.07) is 6.93. The number of nitrogens with one attached hydrogen (secondary N) is 2. The lowest BCUT2D eigenvalue weighted by atomic mass is 9.98. The normalized spacial score (nSPS) is 14.4. The molecule has 9 heteroatoms. The molecule has 1 heterocycles. The molecule has 32 heavy (non-hydrogen) atoms. The van der Waals surface area contributed by atoms with E-state index < -0.39 is 23.2 Å². The average molecular weight is 442 g/mol. The number of halogens is 1. The summed E-state index contributed by atoms with van der Waals surface area (Å²) in [6.45, 7) is 6.92. The summed E-state index contributed by atoms with van der Waals surface area (Å²) in [5.74, 6) is -2.48. The Balaban J connectivity index is 1.96. The smallest absolute Gasteiger partial charge is 0.185 e. The number of nitrogens with zero attached hydrogens (tertiary/aromatic N) is 2. The summed E-state index contributed by atoms with van der Waals surface area (Å²) in [5.41, 5.74) is 1.000. The van der Waals surface area contributed by atoms with Crippen LogP contribution in [-0.2, 0) is 16.1 Å². The van der Waals surface area contributed by atoms with E-state index in [1.54, 1.807) is 6.07 Å². The van der Waals surface area contributed by atoms with Crippen LogP contribution in [0.4, 0.5) is 10.1 Å². The number of hydrogen-bond acceptors (Lipinski definition) is 7. The van der Waals surface area contributed by atoms with Crippen molar-refractivity contribution in [3.05, 3.63) is 52.8 Å². The van der Waals surface area contributed by atoms with Crippen LogP contribution in [0.5, 0.6) is 11.5 Å². The van der Waals surface area contributed by atoms with Gasteiger partial charge in [-0.3, -0.25) is 25.4 Å². The van der Waals surface area contributed by atoms with E-state index >= 15 is 4.39 Å². The van der Waals surface area contributed by atoms with E-state index in [1.165, 1.54) is 18.2 Å². The summed E-state index contributed by atoms with van der Waals surface area (Å²) in [5, 5.41) is 37.0. The minimum Gasteiger partial charge on any atom is -0.508 e. The Hall–Kier alpha value is -3.30. The molecule has 2 aromatic carbocycles. The van der Waals surface area contributed by atoms with E-state index in [4.69, 9.17) is 15.6 Å². The van der Waals surface area contributed by atoms with Crippen molar-refractivity contribution in [2.45, 2.75) is 26.3 Å². The number of carbonyl (C=O) groups is 1. The monoisotopic (exact) mass is 442 g/mol. The summed E-state index contributed by atoms with van der Waals surface area (Å²) >= 11 is 0. The number of aldehydes is 1. The lowest BCUT2D eigenvalue weighted by Crippen LogP contribution is -2.38. The molecule has 1 saturated heterocycles. The van der Waals surface area contributed by atoms with Gasteiger partial charge in [-0.15, -0.1) is 0 Å². The van der Waals surface area contributed by atoms with Crippen LogP contribution in [0, 0.1) is 16.6 Å². The SMILES string of the molecule is CC(C)c1cc(C(=N)N(C(=N)C=O)c2ccc(CN3CCOCC3)cc2F)c(O)cc1O. The van der Waals surface area contributed by atoms with E-state index in [9.17, 15) is 15.0 Å². The molecule has 0 spiro atoms. The van der Waals surface area contributed by atoms with Crippen LogP contribution in [0.1, 0.15) is 36.5 Å². The zero-order chi connectivity index (χ0) is 23.4. The van der Waals surface area contributed by atoms with Gasteiger partial charge in [-0.05, 0) is 35.2 Å². The van der Waals surface area contributed by atoms with E-state index in [0.29, 0.717) is 30.9 Å². The summed E-state index contributed by atoms with van der Waals surface area (Å²) < 4.78 is 20.4. The molecule has 170 valence electrons. The van der Waals surface area contributed by atoms with Crippen LogP contribution in [0.25, 0.3) is 0 Å². The fraction of sp³-hybridized carbons (Fsp3) is 0.348. The second-order valence-electron chi connectivity index (χ2n) is 7.94. The molecule has 8 nitrogen and oxygen atoms in total. The van der Waals surface area contributed by atoms with Crippen LogP contribution >= 0.6 is 0 Å². The zero-order valence-corrected chi connectivity index (χ0v) is 18.1. The first-order valence-electron chi connectivity index (χ1n) is 10.3. The molecular formula is C23H27FN4O4. The highest BCUT2D eigenvalue weighted by Gasteiger charge is 2.25. The maximum atomic E-state index is 15.1. The molecule has 0 atom stereocenters. The van der Waals surface area contributed by atoms with Gasteiger partial charge in [0.05, 0.1) is 24.5 Å². The molecule has 0 radical (unpaired) electrons. The Kier molecular flexibility index (Phi) is 7.22. The zero-order valence-electron chi connectivity index (χ0n) is 18.1. The number of anilines is 1. The maximum Gasteiger partial charge on any atom is 0.185 e. The number of aromatic hydroxyl groups is 2. The van der Waals surface area contributed by atoms with Crippen molar-refractivity contribution < 1.29 is 24.1 Å². The summed E-state index contributed by atoms with van der Waals surface area (Å²) in [4.78, 5) is 14.4. The van der Waals surface area contributed by atoms with Gasteiger partial charge < -0.3 is 14.9 Å². The van der Waals surface area contributed by atoms with Crippen LogP contribution in [0.3, 0.4) is 0 Å². The first kappa shape index (κ1) is 23.4. The third-order valence-electron chi connectivity index (χ3n) is 5.36. The average Bonchev–Trinajstić information content (AvgIpc) is 2.75. The summed E-state index contributed by atoms with van der Waals surface area (Å²) in [6.07, 6.45) is 0.205. The van der Waals surface area contributed by atoms with Crippen molar-refractivity contribution in [3.63, 3.8) is 0 Å². The van der Waals surface area contributed by atoms with Crippen LogP contribution < -0.4 is 4.90 Å². The van der Waals surface area contributed by atoms with Crippen LogP contribution in [-0.4, -0.2) is 59.4 Å². The predicted octanol–water partition coefficient (Wildman–Crippen LogP) is 3.20. The standard InChI is InChI=1S/C23H27FN4O4/c1-14(2)16-10-17(21(31)11-20(16)30)23(26)28(22(25)13-29)19-4-3-15(9-18(19)24)12-27-5-7-32-8-6-27/h3-4,9-11,13-14,25-26,30-31H,5-8,12H2,1-2H3. The molecule has 0 aliphatic carbocycles. The van der Waals surface area contributed by atoms with E-state index in [1.807, 2.05) is 13.8 Å². The molecule has 1 fully saturated rings. The quantitative estimate of drug-likeness (QED) is 0.310. The Labute approximate surface area is 185 Å². The molecule has 4 N–H and O–H groups in total. The second-order valence-corrected chi connectivity index (χ2v) is 7.94. The van der Waals surface area contributed by atoms with Gasteiger partial charge in [0.15, 0.2) is 12.1 Å². The first-order valence-corrected chi connectivity index (χ1v) is 10.3. The number of carbonyl (C=O) groups excluding carboxylic acids is 1. The topological polar surface area (TPSA) is 121 Å². The molecule has 1 aliphatic rings. The van der Waals surface area contributed by atoms with E-state index in [-0.39, 0.29) is 29.2 Å². The highest BCUT2D eigenvalue weighted by Crippen LogP contribution is 2.34. The minimum absolute atomic E-state index is 0.0325. The molecule has 0 saturated carbocycles. The number of rotatable bonds is 6. The second kappa shape index (κ2) is 9.88. The molecule has 0 bridgehead atoms. The molecule has 2 aromatic rings. The molecule has 0 amide bonds. The summed E-state index contributed by atoms with van der Waals surface area (Å²) in [7, 11) is 0. The number of phenols is 2. The van der Waals surface area contributed by atoms with Gasteiger partial charge in [0.2, 0.25) is 0 Å². The molecule has 3 rings (SSSR count). The van der Waals surface area contributed by atoms with Crippen LogP contribution in [0.2, 0.25) is 0 Å². The lowest BCUT2D eigenvalue weighted by Gasteiger charge is -2.27. The highest BCUT2D eigenvalue weighted by atomic mass is 19.1. The van der Waals surface area contributed by atoms with Gasteiger partial charge in [0.1, 0.15) is 23.2 Å². The Morgan fingerprint density at radius 2 is 1.88 bits per heavy atom. The number of ether oxygens (including phenoxy) is 1. The fourth-order valence-corrected chi connectivity index (χ4v) is 3.64. The Bertz CT molecular complexity index is 1030. The highest BCUT2D eigenvalue weighted by molar-refractivity contribution is 6.41. The number of benzene rings is 2. The van der Waals surface area contributed by atoms with Gasteiger partial charge in [-0.1, -0.05) is 19.9 Å². The lowest BCUT2D eigenvalue weighted by molar-refractivity contribution is -0.102. The van der Waals surface area contributed by atoms with Gasteiger partial charge in [0.25, 0.3) is 0 Å². The predicted molar refractivity (Wildman–Crippen MR) is 119 cm³/mol. The molecular weight excluding hydrogens is 415 g/mol. The van der Waals surface area contributed by atoms with Crippen molar-refractivity contribution in [2.24, 2.45) is 0 Å². The largest absolute Gasteiger partial charge is 0.508 e. The van der Waals surface area contributed by atoms with Crippen molar-refractivity contribution in [1.29, 1.82) is 10.8 Å². The number of hydrogen-bond donors (Lipinski definition) is 4.